The van der Waals surface area contributed by atoms with Crippen LogP contribution in [0.15, 0.2) is 134 Å². The van der Waals surface area contributed by atoms with Crippen molar-refractivity contribution in [3.8, 4) is 0 Å². The molecule has 2 atom stereocenters. The molecule has 0 saturated carbocycles. The molecule has 0 saturated heterocycles. The van der Waals surface area contributed by atoms with Gasteiger partial charge in [0.1, 0.15) is 5.78 Å². The van der Waals surface area contributed by atoms with Crippen molar-refractivity contribution in [2.75, 3.05) is 23.7 Å². The Morgan fingerprint density at radius 2 is 1.04 bits per heavy atom. The smallest absolute Gasteiger partial charge is 0.233 e. The normalized spacial score (nSPS) is 11.7. The van der Waals surface area contributed by atoms with Crippen molar-refractivity contribution < 1.29 is 14.4 Å². The SMILES string of the molecule is CC(C)=O.CC(C)NCC(C(=O)Nc1ccc2cnccc2c1)c1ccccc1.NCC(C(=O)Nc1ccc2cnccc2c1)c1ccccc1. The number of carbonyl (C=O) groups excluding carboxylic acids is 3. The van der Waals surface area contributed by atoms with E-state index in [1.807, 2.05) is 115 Å². The van der Waals surface area contributed by atoms with E-state index in [9.17, 15) is 14.4 Å². The molecule has 2 unspecified atom stereocenters. The predicted octanol–water partition coefficient (Wildman–Crippen LogP) is 7.47. The first kappa shape index (κ1) is 38.0. The molecule has 9 nitrogen and oxygen atoms in total. The van der Waals surface area contributed by atoms with E-state index in [1.54, 1.807) is 18.6 Å². The van der Waals surface area contributed by atoms with Crippen molar-refractivity contribution in [2.45, 2.75) is 45.6 Å². The number of nitrogens with one attached hydrogen (secondary N) is 3. The molecular formula is C42H46N6O3. The topological polar surface area (TPSA) is 139 Å². The number of carbonyl (C=O) groups is 3. The van der Waals surface area contributed by atoms with Gasteiger partial charge in [-0.25, -0.2) is 0 Å². The van der Waals surface area contributed by atoms with Crippen LogP contribution in [0.5, 0.6) is 0 Å². The maximum absolute atomic E-state index is 12.9. The molecule has 6 aromatic rings. The third kappa shape index (κ3) is 12.0. The fourth-order valence-electron chi connectivity index (χ4n) is 5.26. The summed E-state index contributed by atoms with van der Waals surface area (Å²) in [6, 6.07) is 35.3. The molecule has 2 aromatic heterocycles. The zero-order valence-electron chi connectivity index (χ0n) is 29.5. The van der Waals surface area contributed by atoms with Gasteiger partial charge in [-0.2, -0.15) is 0 Å². The summed E-state index contributed by atoms with van der Waals surface area (Å²) in [5.74, 6) is -0.527. The molecule has 262 valence electrons. The van der Waals surface area contributed by atoms with E-state index in [0.717, 1.165) is 44.0 Å². The second-order valence-corrected chi connectivity index (χ2v) is 12.5. The van der Waals surface area contributed by atoms with Gasteiger partial charge in [0.05, 0.1) is 11.8 Å². The van der Waals surface area contributed by atoms with Crippen LogP contribution in [0.1, 0.15) is 50.7 Å². The van der Waals surface area contributed by atoms with Gasteiger partial charge >= 0.3 is 0 Å². The molecule has 4 aromatic carbocycles. The Kier molecular flexibility index (Phi) is 14.5. The molecule has 0 aliphatic rings. The van der Waals surface area contributed by atoms with E-state index in [0.29, 0.717) is 12.6 Å². The average molecular weight is 683 g/mol. The molecule has 2 amide bonds. The number of hydrogen-bond donors (Lipinski definition) is 4. The van der Waals surface area contributed by atoms with E-state index in [1.165, 1.54) is 13.8 Å². The summed E-state index contributed by atoms with van der Waals surface area (Å²) in [6.45, 7) is 8.09. The van der Waals surface area contributed by atoms with Gasteiger partial charge in [0.25, 0.3) is 0 Å². The molecule has 0 spiro atoms. The predicted molar refractivity (Wildman–Crippen MR) is 208 cm³/mol. The summed E-state index contributed by atoms with van der Waals surface area (Å²) in [5.41, 5.74) is 9.28. The lowest BCUT2D eigenvalue weighted by Gasteiger charge is -2.19. The summed E-state index contributed by atoms with van der Waals surface area (Å²) in [6.07, 6.45) is 7.11. The van der Waals surface area contributed by atoms with Gasteiger partial charge in [-0.05, 0) is 72.1 Å². The van der Waals surface area contributed by atoms with Crippen molar-refractivity contribution in [3.63, 3.8) is 0 Å². The number of amides is 2. The average Bonchev–Trinajstić information content (AvgIpc) is 3.13. The number of anilines is 2. The highest BCUT2D eigenvalue weighted by Gasteiger charge is 2.21. The Morgan fingerprint density at radius 1 is 0.608 bits per heavy atom. The van der Waals surface area contributed by atoms with Crippen LogP contribution in [0.3, 0.4) is 0 Å². The molecule has 5 N–H and O–H groups in total. The minimum absolute atomic E-state index is 0.00671. The monoisotopic (exact) mass is 682 g/mol. The van der Waals surface area contributed by atoms with E-state index in [4.69, 9.17) is 5.73 Å². The van der Waals surface area contributed by atoms with Crippen molar-refractivity contribution in [1.29, 1.82) is 0 Å². The number of rotatable bonds is 10. The lowest BCUT2D eigenvalue weighted by atomic mass is 9.97. The lowest BCUT2D eigenvalue weighted by molar-refractivity contribution is -0.118. The molecule has 9 heteroatoms. The van der Waals surface area contributed by atoms with Crippen LogP contribution in [0, 0.1) is 0 Å². The number of nitrogens with two attached hydrogens (primary N) is 1. The third-order valence-electron chi connectivity index (χ3n) is 7.82. The number of aromatic nitrogens is 2. The Morgan fingerprint density at radius 3 is 1.47 bits per heavy atom. The molecule has 0 fully saturated rings. The van der Waals surface area contributed by atoms with Crippen molar-refractivity contribution >= 4 is 50.5 Å². The van der Waals surface area contributed by atoms with Crippen molar-refractivity contribution in [2.24, 2.45) is 5.73 Å². The van der Waals surface area contributed by atoms with Crippen LogP contribution in [0.2, 0.25) is 0 Å². The van der Waals surface area contributed by atoms with Gasteiger partial charge in [0, 0.05) is 66.1 Å². The third-order valence-corrected chi connectivity index (χ3v) is 7.82. The minimum atomic E-state index is -0.352. The highest BCUT2D eigenvalue weighted by Crippen LogP contribution is 2.23. The maximum atomic E-state index is 12.9. The van der Waals surface area contributed by atoms with Crippen LogP contribution in [-0.2, 0) is 14.4 Å². The number of nitrogens with zero attached hydrogens (tertiary/aromatic N) is 2. The lowest BCUT2D eigenvalue weighted by Crippen LogP contribution is -2.34. The molecule has 6 rings (SSSR count). The summed E-state index contributed by atoms with van der Waals surface area (Å²) in [7, 11) is 0. The van der Waals surface area contributed by atoms with Crippen LogP contribution in [0.25, 0.3) is 21.5 Å². The molecule has 2 heterocycles. The Labute approximate surface area is 299 Å². The van der Waals surface area contributed by atoms with Crippen LogP contribution < -0.4 is 21.7 Å². The van der Waals surface area contributed by atoms with Gasteiger partial charge in [-0.15, -0.1) is 0 Å². The Balaban J connectivity index is 0.000000208. The molecule has 51 heavy (non-hydrogen) atoms. The quantitative estimate of drug-likeness (QED) is 0.118. The first-order chi connectivity index (χ1) is 24.6. The minimum Gasteiger partial charge on any atom is -0.329 e. The highest BCUT2D eigenvalue weighted by molar-refractivity contribution is 5.99. The van der Waals surface area contributed by atoms with Crippen molar-refractivity contribution in [3.05, 3.63) is 145 Å². The molecule has 0 aliphatic heterocycles. The number of pyridine rings is 2. The van der Waals surface area contributed by atoms with E-state index in [-0.39, 0.29) is 36.0 Å². The molecule has 0 bridgehead atoms. The summed E-state index contributed by atoms with van der Waals surface area (Å²) >= 11 is 0. The van der Waals surface area contributed by atoms with Crippen molar-refractivity contribution in [1.82, 2.24) is 15.3 Å². The van der Waals surface area contributed by atoms with Gasteiger partial charge in [-0.1, -0.05) is 86.6 Å². The zero-order chi connectivity index (χ0) is 36.6. The summed E-state index contributed by atoms with van der Waals surface area (Å²) in [5, 5.41) is 13.6. The fourth-order valence-corrected chi connectivity index (χ4v) is 5.26. The zero-order valence-corrected chi connectivity index (χ0v) is 29.5. The Bertz CT molecular complexity index is 2010. The van der Waals surface area contributed by atoms with Gasteiger partial charge in [0.15, 0.2) is 0 Å². The fraction of sp³-hybridized carbons (Fsp3) is 0.214. The first-order valence-corrected chi connectivity index (χ1v) is 16.9. The molecular weight excluding hydrogens is 637 g/mol. The Hall–Kier alpha value is -5.77. The largest absolute Gasteiger partial charge is 0.329 e. The number of Topliss-reactive ketones (excluding diaryl/α,β-unsaturated/α-hetero) is 1. The van der Waals surface area contributed by atoms with Gasteiger partial charge in [-0.3, -0.25) is 19.6 Å². The second kappa shape index (κ2) is 19.4. The van der Waals surface area contributed by atoms with E-state index < -0.39 is 0 Å². The van der Waals surface area contributed by atoms with Gasteiger partial charge in [0.2, 0.25) is 11.8 Å². The van der Waals surface area contributed by atoms with Gasteiger partial charge < -0.3 is 26.5 Å². The molecule has 0 radical (unpaired) electrons. The summed E-state index contributed by atoms with van der Waals surface area (Å²) < 4.78 is 0. The standard InChI is InChI=1S/C21H23N3O.C18H17N3O.C3H6O/c1-15(2)23-14-20(16-6-4-3-5-7-16)21(25)24-19-9-8-18-13-22-11-10-17(18)12-19;19-11-17(13-4-2-1-3-5-13)18(22)21-16-7-6-15-12-20-9-8-14(15)10-16;1-3(2)4/h3-13,15,20,23H,14H2,1-2H3,(H,24,25);1-10,12,17H,11,19H2,(H,21,22);1-2H3. The first-order valence-electron chi connectivity index (χ1n) is 16.9. The van der Waals surface area contributed by atoms with Crippen LogP contribution in [0.4, 0.5) is 11.4 Å². The van der Waals surface area contributed by atoms with E-state index >= 15 is 0 Å². The highest BCUT2D eigenvalue weighted by atomic mass is 16.2. The number of benzene rings is 4. The van der Waals surface area contributed by atoms with E-state index in [2.05, 4.69) is 39.8 Å². The van der Waals surface area contributed by atoms with Crippen LogP contribution in [-0.4, -0.2) is 46.7 Å². The number of fused-ring (bicyclic) bond motifs is 2. The number of ketones is 1. The second-order valence-electron chi connectivity index (χ2n) is 12.5. The van der Waals surface area contributed by atoms with Crippen LogP contribution >= 0.6 is 0 Å². The summed E-state index contributed by atoms with van der Waals surface area (Å²) in [4.78, 5) is 43.0. The maximum Gasteiger partial charge on any atom is 0.233 e. The number of hydrogen-bond acceptors (Lipinski definition) is 7. The molecule has 0 aliphatic carbocycles.